The van der Waals surface area contributed by atoms with Gasteiger partial charge in [-0.1, -0.05) is 13.3 Å². The molecule has 1 atom stereocenters. The van der Waals surface area contributed by atoms with Crippen molar-refractivity contribution in [3.63, 3.8) is 0 Å². The number of nitrogens with one attached hydrogen (secondary N) is 1. The lowest BCUT2D eigenvalue weighted by atomic mass is 10.1. The predicted molar refractivity (Wildman–Crippen MR) is 74.5 cm³/mol. The molecule has 4 nitrogen and oxygen atoms in total. The van der Waals surface area contributed by atoms with Crippen LogP contribution in [0.2, 0.25) is 0 Å². The molecule has 1 aliphatic heterocycles. The van der Waals surface area contributed by atoms with Crippen molar-refractivity contribution in [2.75, 3.05) is 18.5 Å². The summed E-state index contributed by atoms with van der Waals surface area (Å²) in [5.74, 6) is 0. The van der Waals surface area contributed by atoms with E-state index in [-0.39, 0.29) is 0 Å². The van der Waals surface area contributed by atoms with Gasteiger partial charge in [-0.05, 0) is 19.3 Å². The number of aromatic nitrogens is 2. The quantitative estimate of drug-likeness (QED) is 0.923. The zero-order valence-electron chi connectivity index (χ0n) is 10.7. The molecule has 0 bridgehead atoms. The van der Waals surface area contributed by atoms with Gasteiger partial charge in [0.05, 0.1) is 18.5 Å². The van der Waals surface area contributed by atoms with Gasteiger partial charge in [0.25, 0.3) is 0 Å². The van der Waals surface area contributed by atoms with Crippen molar-refractivity contribution in [1.82, 2.24) is 9.61 Å². The Balaban J connectivity index is 1.78. The number of anilines is 1. The second-order valence-corrected chi connectivity index (χ2v) is 5.93. The fourth-order valence-corrected chi connectivity index (χ4v) is 3.49. The summed E-state index contributed by atoms with van der Waals surface area (Å²) in [7, 11) is 0. The minimum Gasteiger partial charge on any atom is -0.379 e. The summed E-state index contributed by atoms with van der Waals surface area (Å²) in [6, 6.07) is 0.434. The third-order valence-electron chi connectivity index (χ3n) is 3.26. The molecule has 0 saturated carbocycles. The predicted octanol–water partition coefficient (Wildman–Crippen LogP) is 2.94. The fraction of sp³-hybridized carbons (Fsp3) is 0.615. The van der Waals surface area contributed by atoms with E-state index in [0.29, 0.717) is 6.04 Å². The molecule has 0 amide bonds. The lowest BCUT2D eigenvalue weighted by Crippen LogP contribution is -2.29. The van der Waals surface area contributed by atoms with Crippen LogP contribution in [0.15, 0.2) is 12.4 Å². The average Bonchev–Trinajstić information content (AvgIpc) is 2.93. The first-order valence-corrected chi connectivity index (χ1v) is 7.49. The minimum atomic E-state index is 0.434. The van der Waals surface area contributed by atoms with E-state index in [1.54, 1.807) is 0 Å². The molecule has 0 aromatic carbocycles. The van der Waals surface area contributed by atoms with Crippen LogP contribution in [-0.4, -0.2) is 28.9 Å². The number of nitrogens with zero attached hydrogens (tertiary/aromatic N) is 2. The first-order chi connectivity index (χ1) is 8.86. The summed E-state index contributed by atoms with van der Waals surface area (Å²) >= 11 is 1.84. The van der Waals surface area contributed by atoms with Gasteiger partial charge in [0.2, 0.25) is 0 Å². The van der Waals surface area contributed by atoms with Crippen LogP contribution in [-0.2, 0) is 11.2 Å². The number of hydrogen-bond donors (Lipinski definition) is 1. The molecule has 1 fully saturated rings. The van der Waals surface area contributed by atoms with Crippen LogP contribution in [0.5, 0.6) is 0 Å². The van der Waals surface area contributed by atoms with Gasteiger partial charge < -0.3 is 10.1 Å². The number of aryl methyl sites for hydroxylation is 1. The molecule has 98 valence electrons. The lowest BCUT2D eigenvalue weighted by molar-refractivity contribution is 0.0876. The highest BCUT2D eigenvalue weighted by Gasteiger charge is 2.16. The maximum absolute atomic E-state index is 5.50. The molecular formula is C13H19N3OS. The molecule has 0 spiro atoms. The molecule has 0 radical (unpaired) electrons. The van der Waals surface area contributed by atoms with Gasteiger partial charge in [0.1, 0.15) is 4.83 Å². The first-order valence-electron chi connectivity index (χ1n) is 6.67. The van der Waals surface area contributed by atoms with Crippen LogP contribution in [0.3, 0.4) is 0 Å². The number of fused-ring (bicyclic) bond motifs is 1. The van der Waals surface area contributed by atoms with Gasteiger partial charge in [-0.25, -0.2) is 4.52 Å². The lowest BCUT2D eigenvalue weighted by Gasteiger charge is -2.23. The van der Waals surface area contributed by atoms with E-state index < -0.39 is 0 Å². The topological polar surface area (TPSA) is 38.6 Å². The zero-order chi connectivity index (χ0) is 12.4. The molecule has 18 heavy (non-hydrogen) atoms. The summed E-state index contributed by atoms with van der Waals surface area (Å²) in [6.45, 7) is 3.92. The second kappa shape index (κ2) is 5.28. The molecule has 1 N–H and O–H groups in total. The van der Waals surface area contributed by atoms with Crippen LogP contribution in [0.4, 0.5) is 5.69 Å². The molecule has 1 saturated heterocycles. The van der Waals surface area contributed by atoms with Crippen molar-refractivity contribution >= 4 is 21.9 Å². The third kappa shape index (κ3) is 2.37. The van der Waals surface area contributed by atoms with E-state index in [2.05, 4.69) is 23.5 Å². The van der Waals surface area contributed by atoms with E-state index in [1.165, 1.54) is 22.5 Å². The SMILES string of the molecule is CCCc1cn2ncc(NC3CCCOC3)c2s1. The molecule has 0 aliphatic carbocycles. The Labute approximate surface area is 111 Å². The Morgan fingerprint density at radius 2 is 2.56 bits per heavy atom. The van der Waals surface area contributed by atoms with Crippen LogP contribution in [0.25, 0.3) is 4.83 Å². The van der Waals surface area contributed by atoms with Crippen molar-refractivity contribution in [3.05, 3.63) is 17.3 Å². The summed E-state index contributed by atoms with van der Waals surface area (Å²) in [5, 5.41) is 7.97. The first kappa shape index (κ1) is 12.0. The van der Waals surface area contributed by atoms with Crippen LogP contribution in [0.1, 0.15) is 31.1 Å². The van der Waals surface area contributed by atoms with Crippen LogP contribution in [0, 0.1) is 0 Å². The highest BCUT2D eigenvalue weighted by atomic mass is 32.1. The average molecular weight is 265 g/mol. The summed E-state index contributed by atoms with van der Waals surface area (Å²) in [6.07, 6.45) is 8.73. The number of rotatable bonds is 4. The second-order valence-electron chi connectivity index (χ2n) is 4.81. The normalized spacial score (nSPS) is 20.4. The molecule has 2 aromatic heterocycles. The zero-order valence-corrected chi connectivity index (χ0v) is 11.5. The summed E-state index contributed by atoms with van der Waals surface area (Å²) in [4.78, 5) is 2.63. The van der Waals surface area contributed by atoms with Gasteiger partial charge in [0.15, 0.2) is 0 Å². The Hall–Kier alpha value is -1.07. The molecule has 1 unspecified atom stereocenters. The van der Waals surface area contributed by atoms with Crippen molar-refractivity contribution in [3.8, 4) is 0 Å². The van der Waals surface area contributed by atoms with Crippen molar-refractivity contribution in [1.29, 1.82) is 0 Å². The summed E-state index contributed by atoms with van der Waals surface area (Å²) in [5.41, 5.74) is 1.15. The highest BCUT2D eigenvalue weighted by Crippen LogP contribution is 2.27. The van der Waals surface area contributed by atoms with Gasteiger partial charge >= 0.3 is 0 Å². The molecule has 1 aliphatic rings. The smallest absolute Gasteiger partial charge is 0.142 e. The van der Waals surface area contributed by atoms with E-state index >= 15 is 0 Å². The molecular weight excluding hydrogens is 246 g/mol. The van der Waals surface area contributed by atoms with E-state index in [9.17, 15) is 0 Å². The van der Waals surface area contributed by atoms with Gasteiger partial charge in [0, 0.05) is 23.7 Å². The maximum atomic E-state index is 5.50. The highest BCUT2D eigenvalue weighted by molar-refractivity contribution is 7.18. The minimum absolute atomic E-state index is 0.434. The Kier molecular flexibility index (Phi) is 3.52. The van der Waals surface area contributed by atoms with E-state index in [1.807, 2.05) is 22.0 Å². The number of ether oxygens (including phenoxy) is 1. The van der Waals surface area contributed by atoms with Crippen LogP contribution < -0.4 is 5.32 Å². The van der Waals surface area contributed by atoms with E-state index in [4.69, 9.17) is 4.74 Å². The Morgan fingerprint density at radius 3 is 3.33 bits per heavy atom. The van der Waals surface area contributed by atoms with Crippen molar-refractivity contribution < 1.29 is 4.74 Å². The number of thiazole rings is 1. The number of hydrogen-bond acceptors (Lipinski definition) is 4. The van der Waals surface area contributed by atoms with Gasteiger partial charge in [-0.3, -0.25) is 0 Å². The monoisotopic (exact) mass is 265 g/mol. The van der Waals surface area contributed by atoms with Crippen molar-refractivity contribution in [2.45, 2.75) is 38.6 Å². The van der Waals surface area contributed by atoms with E-state index in [0.717, 1.165) is 31.7 Å². The van der Waals surface area contributed by atoms with Gasteiger partial charge in [-0.15, -0.1) is 11.3 Å². The third-order valence-corrected chi connectivity index (χ3v) is 4.43. The molecule has 3 heterocycles. The molecule has 2 aromatic rings. The maximum Gasteiger partial charge on any atom is 0.142 e. The van der Waals surface area contributed by atoms with Crippen LogP contribution >= 0.6 is 11.3 Å². The Bertz CT molecular complexity index is 513. The van der Waals surface area contributed by atoms with Crippen molar-refractivity contribution in [2.24, 2.45) is 0 Å². The standard InChI is InChI=1S/C13H19N3OS/c1-2-4-11-8-16-13(18-11)12(7-14-16)15-10-5-3-6-17-9-10/h7-8,10,15H,2-6,9H2,1H3. The molecule has 5 heteroatoms. The fourth-order valence-electron chi connectivity index (χ4n) is 2.37. The molecule has 3 rings (SSSR count). The van der Waals surface area contributed by atoms with Gasteiger partial charge in [-0.2, -0.15) is 5.10 Å². The summed E-state index contributed by atoms with van der Waals surface area (Å²) < 4.78 is 7.49. The Morgan fingerprint density at radius 1 is 1.61 bits per heavy atom. The largest absolute Gasteiger partial charge is 0.379 e.